The highest BCUT2D eigenvalue weighted by molar-refractivity contribution is 5.72. The average Bonchev–Trinajstić information content (AvgIpc) is 2.84. The Labute approximate surface area is 119 Å². The van der Waals surface area contributed by atoms with E-state index in [1.807, 2.05) is 6.92 Å². The van der Waals surface area contributed by atoms with Crippen molar-refractivity contribution in [3.05, 3.63) is 29.2 Å². The van der Waals surface area contributed by atoms with Gasteiger partial charge >= 0.3 is 0 Å². The van der Waals surface area contributed by atoms with Crippen LogP contribution in [0.15, 0.2) is 18.0 Å². The molecule has 0 bridgehead atoms. The van der Waals surface area contributed by atoms with Gasteiger partial charge in [0.05, 0.1) is 24.5 Å². The van der Waals surface area contributed by atoms with Crippen LogP contribution in [0.2, 0.25) is 0 Å². The number of hydrazine groups is 1. The molecule has 2 aliphatic heterocycles. The lowest BCUT2D eigenvalue weighted by molar-refractivity contribution is 0.126. The molecule has 0 spiro atoms. The van der Waals surface area contributed by atoms with Crippen LogP contribution in [0.5, 0.6) is 0 Å². The van der Waals surface area contributed by atoms with Crippen molar-refractivity contribution in [2.24, 2.45) is 0 Å². The average molecular weight is 272 g/mol. The largest absolute Gasteiger partial charge is 0.368 e. The highest BCUT2D eigenvalue weighted by Crippen LogP contribution is 2.31. The third-order valence-corrected chi connectivity index (χ3v) is 3.79. The normalized spacial score (nSPS) is 17.6. The molecule has 0 saturated heterocycles. The van der Waals surface area contributed by atoms with Crippen LogP contribution in [0, 0.1) is 6.92 Å². The van der Waals surface area contributed by atoms with Crippen LogP contribution in [0.25, 0.3) is 6.08 Å². The number of likely N-dealkylation sites (N-methyl/N-ethyl adjacent to an activating group) is 1. The molecule has 0 radical (unpaired) electrons. The van der Waals surface area contributed by atoms with E-state index in [-0.39, 0.29) is 0 Å². The summed E-state index contributed by atoms with van der Waals surface area (Å²) in [5.41, 5.74) is 9.03. The molecule has 0 amide bonds. The van der Waals surface area contributed by atoms with Crippen molar-refractivity contribution in [2.75, 3.05) is 37.3 Å². The topological polar surface area (TPSA) is 61.5 Å². The predicted octanol–water partition coefficient (Wildman–Crippen LogP) is 1.22. The Balaban J connectivity index is 2.05. The van der Waals surface area contributed by atoms with Crippen LogP contribution in [-0.4, -0.2) is 46.7 Å². The molecule has 0 fully saturated rings. The van der Waals surface area contributed by atoms with Crippen LogP contribution < -0.4 is 10.6 Å². The minimum Gasteiger partial charge on any atom is -0.368 e. The zero-order chi connectivity index (χ0) is 14.3. The highest BCUT2D eigenvalue weighted by atomic mass is 15.6. The summed E-state index contributed by atoms with van der Waals surface area (Å²) in [4.78, 5) is 10.9. The number of hydrogen-bond acceptors (Lipinski definition) is 6. The predicted molar refractivity (Wildman–Crippen MR) is 80.7 cm³/mol. The fraction of sp³-hybridized carbons (Fsp3) is 0.429. The van der Waals surface area contributed by atoms with Crippen molar-refractivity contribution in [1.82, 2.24) is 20.0 Å². The molecule has 1 aromatic rings. The molecule has 0 saturated carbocycles. The van der Waals surface area contributed by atoms with E-state index >= 15 is 0 Å². The number of nitrogens with zero attached hydrogens (tertiary/aromatic N) is 5. The Bertz CT molecular complexity index is 592. The number of rotatable bonds is 2. The maximum atomic E-state index is 5.78. The quantitative estimate of drug-likeness (QED) is 0.873. The van der Waals surface area contributed by atoms with Gasteiger partial charge in [-0.15, -0.1) is 0 Å². The van der Waals surface area contributed by atoms with E-state index in [0.29, 0.717) is 5.95 Å². The lowest BCUT2D eigenvalue weighted by atomic mass is 10.1. The number of hydrogen-bond donors (Lipinski definition) is 1. The van der Waals surface area contributed by atoms with Crippen molar-refractivity contribution in [3.63, 3.8) is 0 Å². The Morgan fingerprint density at radius 2 is 2.15 bits per heavy atom. The molecular weight excluding hydrogens is 252 g/mol. The Hall–Kier alpha value is -2.24. The van der Waals surface area contributed by atoms with Gasteiger partial charge in [0.25, 0.3) is 0 Å². The fourth-order valence-corrected chi connectivity index (χ4v) is 2.73. The molecular formula is C14H20N6. The Morgan fingerprint density at radius 3 is 2.80 bits per heavy atom. The maximum absolute atomic E-state index is 5.78. The lowest BCUT2D eigenvalue weighted by Crippen LogP contribution is -2.40. The molecule has 2 aliphatic rings. The van der Waals surface area contributed by atoms with E-state index in [0.717, 1.165) is 36.7 Å². The van der Waals surface area contributed by atoms with E-state index in [4.69, 9.17) is 5.73 Å². The smallest absolute Gasteiger partial charge is 0.222 e. The van der Waals surface area contributed by atoms with Crippen molar-refractivity contribution in [1.29, 1.82) is 0 Å². The number of fused-ring (bicyclic) bond motifs is 1. The van der Waals surface area contributed by atoms with Crippen LogP contribution in [0.3, 0.4) is 0 Å². The summed E-state index contributed by atoms with van der Waals surface area (Å²) in [7, 11) is 2.06. The van der Waals surface area contributed by atoms with E-state index in [1.54, 1.807) is 0 Å². The molecule has 6 nitrogen and oxygen atoms in total. The Morgan fingerprint density at radius 1 is 1.35 bits per heavy atom. The van der Waals surface area contributed by atoms with Gasteiger partial charge in [-0.05, 0) is 26.0 Å². The van der Waals surface area contributed by atoms with Gasteiger partial charge in [0, 0.05) is 25.4 Å². The molecule has 0 atom stereocenters. The molecule has 0 aliphatic carbocycles. The zero-order valence-electron chi connectivity index (χ0n) is 12.2. The van der Waals surface area contributed by atoms with Gasteiger partial charge in [-0.3, -0.25) is 10.0 Å². The first-order valence-corrected chi connectivity index (χ1v) is 6.86. The SMILES string of the molecule is CCN1CC(N2CC=CN2C)=Cc2c(C)nc(N)nc21. The van der Waals surface area contributed by atoms with Gasteiger partial charge in [-0.2, -0.15) is 4.98 Å². The highest BCUT2D eigenvalue weighted by Gasteiger charge is 2.25. The van der Waals surface area contributed by atoms with E-state index in [9.17, 15) is 0 Å². The van der Waals surface area contributed by atoms with Crippen LogP contribution in [0.4, 0.5) is 11.8 Å². The molecule has 6 heteroatoms. The Kier molecular flexibility index (Phi) is 3.00. The van der Waals surface area contributed by atoms with Crippen molar-refractivity contribution < 1.29 is 0 Å². The first kappa shape index (κ1) is 12.8. The minimum absolute atomic E-state index is 0.344. The summed E-state index contributed by atoms with van der Waals surface area (Å²) >= 11 is 0. The van der Waals surface area contributed by atoms with Gasteiger partial charge in [0.15, 0.2) is 0 Å². The second-order valence-corrected chi connectivity index (χ2v) is 5.09. The van der Waals surface area contributed by atoms with Crippen LogP contribution >= 0.6 is 0 Å². The summed E-state index contributed by atoms with van der Waals surface area (Å²) in [6.45, 7) is 6.75. The summed E-state index contributed by atoms with van der Waals surface area (Å²) < 4.78 is 0. The zero-order valence-corrected chi connectivity index (χ0v) is 12.2. The first-order valence-electron chi connectivity index (χ1n) is 6.86. The number of anilines is 2. The van der Waals surface area contributed by atoms with Crippen molar-refractivity contribution >= 4 is 17.8 Å². The van der Waals surface area contributed by atoms with Gasteiger partial charge in [0.2, 0.25) is 5.95 Å². The molecule has 2 N–H and O–H groups in total. The maximum Gasteiger partial charge on any atom is 0.222 e. The number of nitrogens with two attached hydrogens (primary N) is 1. The molecule has 0 unspecified atom stereocenters. The van der Waals surface area contributed by atoms with Crippen molar-refractivity contribution in [3.8, 4) is 0 Å². The van der Waals surface area contributed by atoms with Gasteiger partial charge in [0.1, 0.15) is 5.82 Å². The second-order valence-electron chi connectivity index (χ2n) is 5.09. The summed E-state index contributed by atoms with van der Waals surface area (Å²) in [5.74, 6) is 1.28. The van der Waals surface area contributed by atoms with Crippen molar-refractivity contribution in [2.45, 2.75) is 13.8 Å². The molecule has 106 valence electrons. The van der Waals surface area contributed by atoms with Crippen LogP contribution in [0.1, 0.15) is 18.2 Å². The lowest BCUT2D eigenvalue weighted by Gasteiger charge is -2.36. The fourth-order valence-electron chi connectivity index (χ4n) is 2.73. The standard InChI is InChI=1S/C14H20N6/c1-4-19-9-11(20-7-5-6-18(20)3)8-12-10(2)16-14(15)17-13(12)19/h5-6,8H,4,7,9H2,1-3H3,(H2,15,16,17). The molecule has 3 rings (SSSR count). The summed E-state index contributed by atoms with van der Waals surface area (Å²) in [6, 6.07) is 0. The molecule has 3 heterocycles. The monoisotopic (exact) mass is 272 g/mol. The molecule has 20 heavy (non-hydrogen) atoms. The van der Waals surface area contributed by atoms with Crippen LogP contribution in [-0.2, 0) is 0 Å². The number of aryl methyl sites for hydroxylation is 1. The number of aromatic nitrogens is 2. The first-order chi connectivity index (χ1) is 9.60. The molecule has 0 aromatic carbocycles. The minimum atomic E-state index is 0.344. The number of nitrogen functional groups attached to an aromatic ring is 1. The van der Waals surface area contributed by atoms with Gasteiger partial charge < -0.3 is 10.6 Å². The second kappa shape index (κ2) is 4.70. The van der Waals surface area contributed by atoms with E-state index < -0.39 is 0 Å². The van der Waals surface area contributed by atoms with Gasteiger partial charge in [-0.25, -0.2) is 4.98 Å². The third-order valence-electron chi connectivity index (χ3n) is 3.79. The summed E-state index contributed by atoms with van der Waals surface area (Å²) in [5, 5.41) is 4.36. The van der Waals surface area contributed by atoms with Gasteiger partial charge in [-0.1, -0.05) is 0 Å². The van der Waals surface area contributed by atoms with E-state index in [2.05, 4.69) is 57.2 Å². The van der Waals surface area contributed by atoms with E-state index in [1.165, 1.54) is 5.70 Å². The third kappa shape index (κ3) is 1.97. The summed E-state index contributed by atoms with van der Waals surface area (Å²) in [6.07, 6.45) is 6.41. The molecule has 1 aromatic heterocycles.